The quantitative estimate of drug-likeness (QED) is 0.877. The molecule has 1 aliphatic rings. The van der Waals surface area contributed by atoms with Gasteiger partial charge in [-0.15, -0.1) is 11.3 Å². The number of aryl methyl sites for hydroxylation is 2. The molecule has 3 heteroatoms. The molecular formula is C13H22N2S. The number of nitrogens with two attached hydrogens (primary N) is 1. The third-order valence-corrected chi connectivity index (χ3v) is 4.68. The molecule has 0 bridgehead atoms. The molecule has 1 aromatic rings. The van der Waals surface area contributed by atoms with Crippen molar-refractivity contribution >= 4 is 11.3 Å². The van der Waals surface area contributed by atoms with Crippen molar-refractivity contribution < 1.29 is 0 Å². The van der Waals surface area contributed by atoms with E-state index in [1.807, 2.05) is 11.3 Å². The van der Waals surface area contributed by atoms with Crippen molar-refractivity contribution in [3.05, 3.63) is 21.4 Å². The van der Waals surface area contributed by atoms with Gasteiger partial charge in [-0.3, -0.25) is 4.90 Å². The first kappa shape index (κ1) is 12.1. The van der Waals surface area contributed by atoms with E-state index < -0.39 is 0 Å². The highest BCUT2D eigenvalue weighted by molar-refractivity contribution is 7.12. The van der Waals surface area contributed by atoms with Gasteiger partial charge in [0.1, 0.15) is 0 Å². The van der Waals surface area contributed by atoms with E-state index >= 15 is 0 Å². The summed E-state index contributed by atoms with van der Waals surface area (Å²) >= 11 is 1.91. The number of likely N-dealkylation sites (tertiary alicyclic amines) is 1. The van der Waals surface area contributed by atoms with Crippen molar-refractivity contribution in [2.45, 2.75) is 33.7 Å². The summed E-state index contributed by atoms with van der Waals surface area (Å²) < 4.78 is 0. The number of hydrogen-bond acceptors (Lipinski definition) is 3. The van der Waals surface area contributed by atoms with Crippen LogP contribution < -0.4 is 5.73 Å². The average Bonchev–Trinajstić information content (AvgIpc) is 2.73. The number of nitrogens with zero attached hydrogens (tertiary/aromatic N) is 1. The van der Waals surface area contributed by atoms with Gasteiger partial charge in [0.05, 0.1) is 0 Å². The van der Waals surface area contributed by atoms with E-state index in [1.54, 1.807) is 0 Å². The maximum atomic E-state index is 5.83. The van der Waals surface area contributed by atoms with E-state index in [0.717, 1.165) is 19.6 Å². The largest absolute Gasteiger partial charge is 0.330 e. The van der Waals surface area contributed by atoms with Crippen molar-refractivity contribution in [3.8, 4) is 0 Å². The minimum atomic E-state index is 0.346. The summed E-state index contributed by atoms with van der Waals surface area (Å²) in [4.78, 5) is 5.44. The van der Waals surface area contributed by atoms with Crippen molar-refractivity contribution in [1.29, 1.82) is 0 Å². The van der Waals surface area contributed by atoms with Crippen LogP contribution in [0.3, 0.4) is 0 Å². The van der Waals surface area contributed by atoms with Crippen molar-refractivity contribution in [2.75, 3.05) is 19.6 Å². The van der Waals surface area contributed by atoms with Gasteiger partial charge in [-0.25, -0.2) is 0 Å². The molecule has 0 amide bonds. The second kappa shape index (κ2) is 4.47. The summed E-state index contributed by atoms with van der Waals surface area (Å²) in [6.07, 6.45) is 1.24. The average molecular weight is 238 g/mol. The Labute approximate surface area is 102 Å². The highest BCUT2D eigenvalue weighted by atomic mass is 32.1. The van der Waals surface area contributed by atoms with Crippen LogP contribution in [0.4, 0.5) is 0 Å². The smallest absolute Gasteiger partial charge is 0.0244 e. The van der Waals surface area contributed by atoms with E-state index in [2.05, 4.69) is 31.7 Å². The Morgan fingerprint density at radius 2 is 2.25 bits per heavy atom. The summed E-state index contributed by atoms with van der Waals surface area (Å²) in [7, 11) is 0. The summed E-state index contributed by atoms with van der Waals surface area (Å²) in [5, 5.41) is 0. The van der Waals surface area contributed by atoms with E-state index in [-0.39, 0.29) is 0 Å². The Balaban J connectivity index is 1.99. The molecule has 0 radical (unpaired) electrons. The first-order chi connectivity index (χ1) is 7.52. The molecule has 0 aliphatic carbocycles. The SMILES string of the molecule is Cc1cc(CN2CCC(C)(CN)C2)c(C)s1. The van der Waals surface area contributed by atoms with E-state index in [9.17, 15) is 0 Å². The van der Waals surface area contributed by atoms with Crippen LogP contribution in [0.25, 0.3) is 0 Å². The first-order valence-electron chi connectivity index (χ1n) is 6.01. The Hall–Kier alpha value is -0.380. The van der Waals surface area contributed by atoms with E-state index in [1.165, 1.54) is 28.3 Å². The lowest BCUT2D eigenvalue weighted by Crippen LogP contribution is -2.31. The minimum Gasteiger partial charge on any atom is -0.330 e. The van der Waals surface area contributed by atoms with Gasteiger partial charge < -0.3 is 5.73 Å². The van der Waals surface area contributed by atoms with Crippen LogP contribution in [0.2, 0.25) is 0 Å². The molecule has 0 spiro atoms. The van der Waals surface area contributed by atoms with Crippen LogP contribution in [0.5, 0.6) is 0 Å². The molecule has 1 unspecified atom stereocenters. The van der Waals surface area contributed by atoms with Gasteiger partial charge in [0.25, 0.3) is 0 Å². The molecule has 1 atom stereocenters. The Kier molecular flexibility index (Phi) is 3.38. The zero-order valence-corrected chi connectivity index (χ0v) is 11.4. The molecule has 2 rings (SSSR count). The van der Waals surface area contributed by atoms with Crippen LogP contribution >= 0.6 is 11.3 Å². The van der Waals surface area contributed by atoms with Gasteiger partial charge in [-0.2, -0.15) is 0 Å². The monoisotopic (exact) mass is 238 g/mol. The van der Waals surface area contributed by atoms with Gasteiger partial charge in [-0.1, -0.05) is 6.92 Å². The van der Waals surface area contributed by atoms with Gasteiger partial charge in [0, 0.05) is 22.8 Å². The van der Waals surface area contributed by atoms with Crippen molar-refractivity contribution in [1.82, 2.24) is 4.90 Å². The topological polar surface area (TPSA) is 29.3 Å². The zero-order chi connectivity index (χ0) is 11.8. The van der Waals surface area contributed by atoms with Gasteiger partial charge in [0.15, 0.2) is 0 Å². The Bertz CT molecular complexity index is 372. The summed E-state index contributed by atoms with van der Waals surface area (Å²) in [5.74, 6) is 0. The summed E-state index contributed by atoms with van der Waals surface area (Å²) in [6.45, 7) is 11.0. The second-order valence-electron chi connectivity index (χ2n) is 5.41. The number of thiophene rings is 1. The van der Waals surface area contributed by atoms with Gasteiger partial charge >= 0.3 is 0 Å². The third-order valence-electron chi connectivity index (χ3n) is 3.67. The van der Waals surface area contributed by atoms with Crippen LogP contribution in [-0.4, -0.2) is 24.5 Å². The summed E-state index contributed by atoms with van der Waals surface area (Å²) in [6, 6.07) is 2.33. The first-order valence-corrected chi connectivity index (χ1v) is 6.82. The van der Waals surface area contributed by atoms with Crippen molar-refractivity contribution in [3.63, 3.8) is 0 Å². The minimum absolute atomic E-state index is 0.346. The predicted molar refractivity (Wildman–Crippen MR) is 70.8 cm³/mol. The molecule has 1 saturated heterocycles. The number of hydrogen-bond donors (Lipinski definition) is 1. The lowest BCUT2D eigenvalue weighted by Gasteiger charge is -2.22. The molecular weight excluding hydrogens is 216 g/mol. The fourth-order valence-corrected chi connectivity index (χ4v) is 3.45. The van der Waals surface area contributed by atoms with Crippen LogP contribution in [0.1, 0.15) is 28.7 Å². The maximum absolute atomic E-state index is 5.83. The molecule has 16 heavy (non-hydrogen) atoms. The van der Waals surface area contributed by atoms with E-state index in [0.29, 0.717) is 5.41 Å². The highest BCUT2D eigenvalue weighted by Crippen LogP contribution is 2.31. The van der Waals surface area contributed by atoms with Crippen LogP contribution in [-0.2, 0) is 6.54 Å². The molecule has 1 aromatic heterocycles. The van der Waals surface area contributed by atoms with Crippen LogP contribution in [0.15, 0.2) is 6.07 Å². The standard InChI is InChI=1S/C13H22N2S/c1-10-6-12(11(2)16-10)7-15-5-4-13(3,8-14)9-15/h6H,4-5,7-9,14H2,1-3H3. The van der Waals surface area contributed by atoms with Crippen LogP contribution in [0, 0.1) is 19.3 Å². The molecule has 2 N–H and O–H groups in total. The van der Waals surface area contributed by atoms with Gasteiger partial charge in [-0.05, 0) is 50.4 Å². The lowest BCUT2D eigenvalue weighted by atomic mass is 9.90. The third kappa shape index (κ3) is 2.47. The molecule has 1 fully saturated rings. The fraction of sp³-hybridized carbons (Fsp3) is 0.692. The van der Waals surface area contributed by atoms with Crippen molar-refractivity contribution in [2.24, 2.45) is 11.1 Å². The normalized spacial score (nSPS) is 26.5. The summed E-state index contributed by atoms with van der Waals surface area (Å²) in [5.41, 5.74) is 7.68. The molecule has 2 heterocycles. The molecule has 2 nitrogen and oxygen atoms in total. The predicted octanol–water partition coefficient (Wildman–Crippen LogP) is 2.54. The second-order valence-corrected chi connectivity index (χ2v) is 6.87. The van der Waals surface area contributed by atoms with E-state index in [4.69, 9.17) is 5.73 Å². The molecule has 1 aliphatic heterocycles. The zero-order valence-electron chi connectivity index (χ0n) is 10.5. The number of rotatable bonds is 3. The molecule has 0 aromatic carbocycles. The maximum Gasteiger partial charge on any atom is 0.0244 e. The lowest BCUT2D eigenvalue weighted by molar-refractivity contribution is 0.274. The Morgan fingerprint density at radius 1 is 1.50 bits per heavy atom. The fourth-order valence-electron chi connectivity index (χ4n) is 2.51. The molecule has 90 valence electrons. The highest BCUT2D eigenvalue weighted by Gasteiger charge is 2.32. The Morgan fingerprint density at radius 3 is 2.75 bits per heavy atom. The molecule has 0 saturated carbocycles. The van der Waals surface area contributed by atoms with Gasteiger partial charge in [0.2, 0.25) is 0 Å².